The summed E-state index contributed by atoms with van der Waals surface area (Å²) in [6.45, 7) is 14.6. The van der Waals surface area contributed by atoms with Crippen LogP contribution in [0.4, 0.5) is 10.5 Å². The highest BCUT2D eigenvalue weighted by molar-refractivity contribution is 6.37. The molecule has 2 heterocycles. The number of carbonyl (C=O) groups is 4. The van der Waals surface area contributed by atoms with Gasteiger partial charge in [-0.05, 0) is 243 Å². The Morgan fingerprint density at radius 3 is 2.16 bits per heavy atom. The highest BCUT2D eigenvalue weighted by Crippen LogP contribution is 2.67. The maximum absolute atomic E-state index is 14.9. The molecule has 80 heavy (non-hydrogen) atoms. The molecule has 8 unspecified atom stereocenters. The van der Waals surface area contributed by atoms with E-state index < -0.39 is 12.1 Å². The second-order valence-electron chi connectivity index (χ2n) is 27.2. The Balaban J connectivity index is 0.702. The van der Waals surface area contributed by atoms with Crippen molar-refractivity contribution in [2.45, 2.75) is 170 Å². The van der Waals surface area contributed by atoms with Crippen LogP contribution >= 0.6 is 0 Å². The van der Waals surface area contributed by atoms with Crippen molar-refractivity contribution in [1.82, 2.24) is 4.57 Å². The number of amides is 2. The van der Waals surface area contributed by atoms with Gasteiger partial charge in [-0.1, -0.05) is 103 Å². The Hall–Kier alpha value is -5.96. The van der Waals surface area contributed by atoms with Crippen LogP contribution in [0.2, 0.25) is 0 Å². The number of rotatable bonds is 15. The van der Waals surface area contributed by atoms with Gasteiger partial charge in [0.2, 0.25) is 0 Å². The zero-order valence-electron chi connectivity index (χ0n) is 48.8. The summed E-state index contributed by atoms with van der Waals surface area (Å²) in [5, 5.41) is 0. The number of anilines is 1. The van der Waals surface area contributed by atoms with Gasteiger partial charge in [0.1, 0.15) is 17.6 Å². The van der Waals surface area contributed by atoms with Crippen LogP contribution in [0.3, 0.4) is 0 Å². The molecule has 8 atom stereocenters. The number of aromatic nitrogens is 1. The van der Waals surface area contributed by atoms with Gasteiger partial charge in [-0.25, -0.2) is 14.5 Å². The molecule has 0 radical (unpaired) electrons. The van der Waals surface area contributed by atoms with E-state index in [9.17, 15) is 19.2 Å². The van der Waals surface area contributed by atoms with Crippen molar-refractivity contribution in [2.75, 3.05) is 4.90 Å². The number of benzene rings is 3. The van der Waals surface area contributed by atoms with Crippen LogP contribution in [0.25, 0.3) is 11.3 Å². The number of hydrogen-bond donors (Lipinski definition) is 0. The molecule has 4 bridgehead atoms. The van der Waals surface area contributed by atoms with Gasteiger partial charge in [-0.3, -0.25) is 9.59 Å². The minimum absolute atomic E-state index is 0.152. The summed E-state index contributed by atoms with van der Waals surface area (Å²) in [4.78, 5) is 57.5. The Morgan fingerprint density at radius 1 is 0.762 bits per heavy atom. The van der Waals surface area contributed by atoms with Gasteiger partial charge >= 0.3 is 12.1 Å². The van der Waals surface area contributed by atoms with Gasteiger partial charge in [0.25, 0.3) is 11.8 Å². The summed E-state index contributed by atoms with van der Waals surface area (Å²) in [5.74, 6) is 6.53. The van der Waals surface area contributed by atoms with Gasteiger partial charge < -0.3 is 18.8 Å². The van der Waals surface area contributed by atoms with Crippen LogP contribution < -0.4 is 14.4 Å². The van der Waals surface area contributed by atoms with Crippen molar-refractivity contribution < 1.29 is 33.4 Å². The molecule has 1 saturated heterocycles. The zero-order chi connectivity index (χ0) is 55.6. The van der Waals surface area contributed by atoms with Crippen molar-refractivity contribution in [3.05, 3.63) is 136 Å². The third-order valence-electron chi connectivity index (χ3n) is 21.9. The molecule has 9 heteroatoms. The lowest BCUT2D eigenvalue weighted by Gasteiger charge is -2.58. The lowest BCUT2D eigenvalue weighted by molar-refractivity contribution is -0.119. The van der Waals surface area contributed by atoms with Crippen LogP contribution in [-0.4, -0.2) is 34.6 Å². The summed E-state index contributed by atoms with van der Waals surface area (Å²) < 4.78 is 19.7. The fraction of sp³-hybridized carbons (Fsp3) is 0.549. The average Bonchev–Trinajstić information content (AvgIpc) is 4.23. The maximum Gasteiger partial charge on any atom is 0.514 e. The molecule has 8 aliphatic carbocycles. The molecule has 4 aromatic rings. The number of allylic oxidation sites excluding steroid dienone is 3. The van der Waals surface area contributed by atoms with E-state index >= 15 is 0 Å². The fourth-order valence-corrected chi connectivity index (χ4v) is 18.2. The second-order valence-corrected chi connectivity index (χ2v) is 27.2. The van der Waals surface area contributed by atoms with Gasteiger partial charge in [0, 0.05) is 30.9 Å². The summed E-state index contributed by atoms with van der Waals surface area (Å²) in [6.07, 6.45) is 27.0. The van der Waals surface area contributed by atoms with E-state index in [1.165, 1.54) is 73.0 Å². The summed E-state index contributed by atoms with van der Waals surface area (Å²) in [7, 11) is 2.00. The van der Waals surface area contributed by atoms with E-state index in [0.29, 0.717) is 75.3 Å². The Labute approximate surface area is 476 Å². The minimum Gasteiger partial charge on any atom is -0.430 e. The number of carbonyl (C=O) groups excluding carboxylic acids is 4. The summed E-state index contributed by atoms with van der Waals surface area (Å²) >= 11 is 0. The fourth-order valence-electron chi connectivity index (χ4n) is 18.2. The van der Waals surface area contributed by atoms with E-state index in [1.807, 2.05) is 61.7 Å². The normalized spacial score (nSPS) is 31.3. The first-order chi connectivity index (χ1) is 38.6. The van der Waals surface area contributed by atoms with Crippen molar-refractivity contribution in [2.24, 2.45) is 77.1 Å². The summed E-state index contributed by atoms with van der Waals surface area (Å²) in [6, 6.07) is 24.0. The molecule has 422 valence electrons. The SMILES string of the molecule is CCCc1ccc(C(=O)Oc2ccc(-c3cc(CC=C4C(=O)N(c5ccc(OC(=O)OC6CCC7(C)C(=CCC8C7CCC7(C)C(C(C)CCCC(C)C)CCC87)C6)cc5)C(=O)C4=C4C5CC6CC(C5)CC4C6)cn3C)cc2)cc1. The average molecular weight is 1080 g/mol. The molecule has 1 aromatic heterocycles. The topological polar surface area (TPSA) is 104 Å². The maximum atomic E-state index is 14.9. The van der Waals surface area contributed by atoms with Crippen LogP contribution in [0.5, 0.6) is 11.5 Å². The molecular weight excluding hydrogens is 993 g/mol. The number of ether oxygens (including phenoxy) is 3. The lowest BCUT2D eigenvalue weighted by atomic mass is 9.47. The summed E-state index contributed by atoms with van der Waals surface area (Å²) in [5.41, 5.74) is 9.48. The quantitative estimate of drug-likeness (QED) is 0.0292. The monoisotopic (exact) mass is 1080 g/mol. The van der Waals surface area contributed by atoms with Crippen molar-refractivity contribution in [3.63, 3.8) is 0 Å². The zero-order valence-corrected chi connectivity index (χ0v) is 48.8. The Kier molecular flexibility index (Phi) is 15.1. The van der Waals surface area contributed by atoms with Crippen LogP contribution in [0.15, 0.2) is 120 Å². The molecular formula is C71H86N2O7. The largest absolute Gasteiger partial charge is 0.514 e. The molecule has 0 N–H and O–H groups in total. The first-order valence-corrected chi connectivity index (χ1v) is 31.1. The second kappa shape index (κ2) is 22.1. The standard InChI is InChI=1S/C71H86N2O7/c1-8-10-45-13-16-50(17-14-45)68(76)78-55-23-18-49(19-24-55)63-40-46(42-72(63)7)15-27-59-65(64-51-36-47-35-48(38-51)39-52(64)37-47)67(75)73(66(59)74)54-21-25-56(26-22-54)79-69(77)80-57-31-33-70(5)53(41-57)20-28-58-61-30-29-60(44(4)12-9-11-43(2)3)71(61,6)34-32-62(58)70/h13-14,16-27,40,42-44,47-48,51-52,57-58,60-62H,8-12,15,28-39,41H2,1-7H3. The van der Waals surface area contributed by atoms with Gasteiger partial charge in [0.15, 0.2) is 0 Å². The van der Waals surface area contributed by atoms with Gasteiger partial charge in [-0.2, -0.15) is 0 Å². The number of nitrogens with zero attached hydrogens (tertiary/aromatic N) is 2. The molecule has 8 fully saturated rings. The minimum atomic E-state index is -0.716. The van der Waals surface area contributed by atoms with Crippen molar-refractivity contribution in [1.29, 1.82) is 0 Å². The van der Waals surface area contributed by atoms with Crippen LogP contribution in [0.1, 0.15) is 172 Å². The van der Waals surface area contributed by atoms with E-state index in [-0.39, 0.29) is 23.3 Å². The molecule has 9 nitrogen and oxygen atoms in total. The van der Waals surface area contributed by atoms with E-state index in [0.717, 1.165) is 111 Å². The smallest absolute Gasteiger partial charge is 0.430 e. The van der Waals surface area contributed by atoms with Crippen molar-refractivity contribution in [3.8, 4) is 22.8 Å². The predicted molar refractivity (Wildman–Crippen MR) is 315 cm³/mol. The van der Waals surface area contributed by atoms with E-state index in [4.69, 9.17) is 14.2 Å². The van der Waals surface area contributed by atoms with Gasteiger partial charge in [-0.15, -0.1) is 0 Å². The third kappa shape index (κ3) is 10.3. The van der Waals surface area contributed by atoms with Crippen molar-refractivity contribution >= 4 is 29.6 Å². The molecule has 7 saturated carbocycles. The first-order valence-electron chi connectivity index (χ1n) is 31.1. The number of fused-ring (bicyclic) bond motifs is 5. The number of aryl methyl sites for hydroxylation is 2. The Morgan fingerprint density at radius 2 is 1.46 bits per heavy atom. The lowest BCUT2D eigenvalue weighted by Crippen LogP contribution is -2.51. The highest BCUT2D eigenvalue weighted by atomic mass is 16.7. The first kappa shape index (κ1) is 54.6. The van der Waals surface area contributed by atoms with Crippen LogP contribution in [0, 0.1) is 70.0 Å². The molecule has 3 aromatic carbocycles. The third-order valence-corrected chi connectivity index (χ3v) is 21.9. The molecule has 2 amide bonds. The van der Waals surface area contributed by atoms with E-state index in [1.54, 1.807) is 24.3 Å². The number of hydrogen-bond acceptors (Lipinski definition) is 7. The molecule has 13 rings (SSSR count). The van der Waals surface area contributed by atoms with Gasteiger partial charge in [0.05, 0.1) is 16.8 Å². The molecule has 1 aliphatic heterocycles. The highest BCUT2D eigenvalue weighted by Gasteiger charge is 2.59. The number of imide groups is 1. The predicted octanol–water partition coefficient (Wildman–Crippen LogP) is 16.6. The molecule has 0 spiro atoms. The number of esters is 1. The van der Waals surface area contributed by atoms with E-state index in [2.05, 4.69) is 64.4 Å². The Bertz CT molecular complexity index is 3070. The molecule has 9 aliphatic rings. The van der Waals surface area contributed by atoms with Crippen LogP contribution in [-0.2, 0) is 34.2 Å².